The standard InChI is InChI=1S/C79H151NO8/c1-6-8-10-12-14-16-18-20-22-24-26-28-30-32-34-36-38-39-40-42-44-46-48-50-52-54-56-58-60-62-64-66-68-70-77(82)88-75(74-87-79(78(83)84)85-72-71-80(3,4)5)73-86-76(81)69-67-65-63-61-59-57-55-53-51-49-47-45-43-41-37-35-33-31-29-27-25-23-21-19-17-15-13-11-9-7-2/h18,20,24,26,75,79H,6-17,19,21-23,25,27-74H2,1-5H3/b20-18-,26-24-. The molecule has 0 rings (SSSR count). The lowest BCUT2D eigenvalue weighted by Crippen LogP contribution is -2.44. The number of hydrogen-bond donors (Lipinski definition) is 0. The van der Waals surface area contributed by atoms with Crippen LogP contribution in [0.4, 0.5) is 0 Å². The first-order valence-electron chi connectivity index (χ1n) is 39.0. The zero-order valence-electron chi connectivity index (χ0n) is 59.6. The molecule has 2 unspecified atom stereocenters. The molecule has 0 spiro atoms. The zero-order valence-corrected chi connectivity index (χ0v) is 59.6. The lowest BCUT2D eigenvalue weighted by molar-refractivity contribution is -0.870. The Morgan fingerprint density at radius 2 is 0.614 bits per heavy atom. The van der Waals surface area contributed by atoms with E-state index < -0.39 is 24.3 Å². The maximum Gasteiger partial charge on any atom is 0.306 e. The van der Waals surface area contributed by atoms with Crippen LogP contribution in [-0.2, 0) is 33.3 Å². The first-order valence-corrected chi connectivity index (χ1v) is 39.0. The molecular weight excluding hydrogens is 1090 g/mol. The molecular formula is C79H151NO8. The van der Waals surface area contributed by atoms with Crippen LogP contribution in [0, 0.1) is 0 Å². The summed E-state index contributed by atoms with van der Waals surface area (Å²) in [7, 11) is 5.95. The molecule has 0 N–H and O–H groups in total. The van der Waals surface area contributed by atoms with Crippen molar-refractivity contribution in [3.63, 3.8) is 0 Å². The first kappa shape index (κ1) is 85.8. The fourth-order valence-electron chi connectivity index (χ4n) is 12.0. The number of allylic oxidation sites excluding steroid dienone is 4. The van der Waals surface area contributed by atoms with Gasteiger partial charge in [0.1, 0.15) is 13.2 Å². The van der Waals surface area contributed by atoms with Crippen molar-refractivity contribution >= 4 is 17.9 Å². The number of aliphatic carboxylic acids is 1. The highest BCUT2D eigenvalue weighted by atomic mass is 16.7. The Bertz CT molecular complexity index is 1490. The average molecular weight is 1240 g/mol. The fraction of sp³-hybridized carbons (Fsp3) is 0.911. The molecule has 520 valence electrons. The normalized spacial score (nSPS) is 12.7. The number of carboxylic acid groups (broad SMARTS) is 1. The van der Waals surface area contributed by atoms with Crippen LogP contribution in [0.3, 0.4) is 0 Å². The minimum absolute atomic E-state index is 0.152. The Balaban J connectivity index is 3.98. The van der Waals surface area contributed by atoms with Gasteiger partial charge in [-0.3, -0.25) is 9.59 Å². The number of ether oxygens (including phenoxy) is 4. The predicted octanol–water partition coefficient (Wildman–Crippen LogP) is 23.2. The van der Waals surface area contributed by atoms with Gasteiger partial charge in [0.2, 0.25) is 0 Å². The van der Waals surface area contributed by atoms with Gasteiger partial charge in [-0.2, -0.15) is 0 Å². The van der Waals surface area contributed by atoms with E-state index in [1.807, 2.05) is 21.1 Å². The molecule has 0 saturated heterocycles. The molecule has 0 aliphatic heterocycles. The van der Waals surface area contributed by atoms with Crippen molar-refractivity contribution in [2.75, 3.05) is 47.5 Å². The Kier molecular flexibility index (Phi) is 68.8. The van der Waals surface area contributed by atoms with Crippen LogP contribution in [0.15, 0.2) is 24.3 Å². The molecule has 0 radical (unpaired) electrons. The molecule has 9 nitrogen and oxygen atoms in total. The van der Waals surface area contributed by atoms with Gasteiger partial charge >= 0.3 is 11.9 Å². The van der Waals surface area contributed by atoms with E-state index in [0.29, 0.717) is 17.4 Å². The molecule has 0 fully saturated rings. The minimum Gasteiger partial charge on any atom is -0.545 e. The third-order valence-corrected chi connectivity index (χ3v) is 18.0. The summed E-state index contributed by atoms with van der Waals surface area (Å²) in [5, 5.41) is 11.8. The monoisotopic (exact) mass is 1240 g/mol. The van der Waals surface area contributed by atoms with Crippen LogP contribution in [-0.4, -0.2) is 82.3 Å². The highest BCUT2D eigenvalue weighted by Gasteiger charge is 2.22. The lowest BCUT2D eigenvalue weighted by Gasteiger charge is -2.26. The highest BCUT2D eigenvalue weighted by molar-refractivity contribution is 5.70. The maximum absolute atomic E-state index is 13.0. The van der Waals surface area contributed by atoms with E-state index in [2.05, 4.69) is 38.2 Å². The molecule has 0 aromatic carbocycles. The van der Waals surface area contributed by atoms with Crippen LogP contribution in [0.25, 0.3) is 0 Å². The van der Waals surface area contributed by atoms with Gasteiger partial charge in [0, 0.05) is 12.8 Å². The van der Waals surface area contributed by atoms with E-state index in [9.17, 15) is 19.5 Å². The van der Waals surface area contributed by atoms with Crippen molar-refractivity contribution in [2.24, 2.45) is 0 Å². The Hall–Kier alpha value is -2.23. The Labute approximate surface area is 548 Å². The first-order chi connectivity index (χ1) is 43.1. The van der Waals surface area contributed by atoms with Crippen LogP contribution in [0.1, 0.15) is 406 Å². The number of nitrogens with zero attached hydrogens (tertiary/aromatic N) is 1. The quantitative estimate of drug-likeness (QED) is 0.0195. The molecule has 0 bridgehead atoms. The van der Waals surface area contributed by atoms with Crippen LogP contribution < -0.4 is 5.11 Å². The van der Waals surface area contributed by atoms with E-state index in [0.717, 1.165) is 44.9 Å². The van der Waals surface area contributed by atoms with E-state index in [-0.39, 0.29) is 32.2 Å². The van der Waals surface area contributed by atoms with Crippen LogP contribution >= 0.6 is 0 Å². The summed E-state index contributed by atoms with van der Waals surface area (Å²) in [6.07, 6.45) is 85.8. The molecule has 0 aliphatic rings. The molecule has 0 heterocycles. The van der Waals surface area contributed by atoms with Gasteiger partial charge < -0.3 is 33.3 Å². The Morgan fingerprint density at radius 1 is 0.341 bits per heavy atom. The average Bonchev–Trinajstić information content (AvgIpc) is 3.62. The third kappa shape index (κ3) is 71.2. The molecule has 9 heteroatoms. The van der Waals surface area contributed by atoms with Gasteiger partial charge in [-0.1, -0.05) is 372 Å². The summed E-state index contributed by atoms with van der Waals surface area (Å²) in [5.74, 6) is -2.25. The number of carbonyl (C=O) groups excluding carboxylic acids is 3. The summed E-state index contributed by atoms with van der Waals surface area (Å²) in [6, 6.07) is 0. The maximum atomic E-state index is 13.0. The van der Waals surface area contributed by atoms with E-state index in [1.54, 1.807) is 0 Å². The third-order valence-electron chi connectivity index (χ3n) is 18.0. The van der Waals surface area contributed by atoms with E-state index in [4.69, 9.17) is 18.9 Å². The summed E-state index contributed by atoms with van der Waals surface area (Å²) in [6.45, 7) is 4.83. The number of hydrogen-bond acceptors (Lipinski definition) is 8. The van der Waals surface area contributed by atoms with Crippen molar-refractivity contribution in [3.8, 4) is 0 Å². The van der Waals surface area contributed by atoms with Crippen molar-refractivity contribution in [3.05, 3.63) is 24.3 Å². The SMILES string of the molecule is CCCCCCC/C=C\C/C=C\CCCCCCCCCCCCCCCCCCCCCCCC(=O)OC(COC(=O)CCCCCCCCCCCCCCCCCCCCCCCCCCCCCCCC)COC(OCC[N+](C)(C)C)C(=O)[O-]. The molecule has 88 heavy (non-hydrogen) atoms. The van der Waals surface area contributed by atoms with Gasteiger partial charge in [-0.15, -0.1) is 0 Å². The van der Waals surface area contributed by atoms with E-state index in [1.165, 1.54) is 334 Å². The number of esters is 2. The van der Waals surface area contributed by atoms with Crippen LogP contribution in [0.2, 0.25) is 0 Å². The van der Waals surface area contributed by atoms with Crippen molar-refractivity contribution in [2.45, 2.75) is 418 Å². The van der Waals surface area contributed by atoms with Crippen LogP contribution in [0.5, 0.6) is 0 Å². The van der Waals surface area contributed by atoms with Gasteiger partial charge in [0.25, 0.3) is 0 Å². The minimum atomic E-state index is -1.62. The number of unbranched alkanes of at least 4 members (excludes halogenated alkanes) is 55. The van der Waals surface area contributed by atoms with Gasteiger partial charge in [-0.25, -0.2) is 0 Å². The summed E-state index contributed by atoms with van der Waals surface area (Å²) in [5.41, 5.74) is 0. The van der Waals surface area contributed by atoms with Gasteiger partial charge in [0.05, 0.1) is 40.3 Å². The van der Waals surface area contributed by atoms with Crippen molar-refractivity contribution in [1.29, 1.82) is 0 Å². The van der Waals surface area contributed by atoms with Crippen molar-refractivity contribution < 1.29 is 42.9 Å². The Morgan fingerprint density at radius 3 is 0.898 bits per heavy atom. The zero-order chi connectivity index (χ0) is 64.0. The van der Waals surface area contributed by atoms with E-state index >= 15 is 0 Å². The smallest absolute Gasteiger partial charge is 0.306 e. The molecule has 2 atom stereocenters. The summed E-state index contributed by atoms with van der Waals surface area (Å²) < 4.78 is 22.9. The number of rotatable bonds is 74. The van der Waals surface area contributed by atoms with Gasteiger partial charge in [0.15, 0.2) is 12.4 Å². The second-order valence-electron chi connectivity index (χ2n) is 28.0. The second-order valence-corrected chi connectivity index (χ2v) is 28.0. The molecule has 0 aromatic rings. The largest absolute Gasteiger partial charge is 0.545 e. The lowest BCUT2D eigenvalue weighted by atomic mass is 10.0. The predicted molar refractivity (Wildman–Crippen MR) is 376 cm³/mol. The topological polar surface area (TPSA) is 111 Å². The molecule has 0 aliphatic carbocycles. The number of quaternary nitrogens is 1. The summed E-state index contributed by atoms with van der Waals surface area (Å²) >= 11 is 0. The fourth-order valence-corrected chi connectivity index (χ4v) is 12.0. The number of carboxylic acids is 1. The molecule has 0 amide bonds. The number of carbonyl (C=O) groups is 3. The van der Waals surface area contributed by atoms with Crippen molar-refractivity contribution in [1.82, 2.24) is 0 Å². The molecule has 0 saturated carbocycles. The molecule has 0 aromatic heterocycles. The second kappa shape index (κ2) is 70.6. The van der Waals surface area contributed by atoms with Gasteiger partial charge in [-0.05, 0) is 44.9 Å². The highest BCUT2D eigenvalue weighted by Crippen LogP contribution is 2.20. The summed E-state index contributed by atoms with van der Waals surface area (Å²) in [4.78, 5) is 37.6. The number of likely N-dealkylation sites (N-methyl/N-ethyl adjacent to an activating group) is 1.